The Labute approximate surface area is 153 Å². The van der Waals surface area contributed by atoms with Gasteiger partial charge in [-0.1, -0.05) is 12.1 Å². The molecule has 2 fully saturated rings. The Kier molecular flexibility index (Phi) is 4.61. The number of rotatable bonds is 4. The Morgan fingerprint density at radius 2 is 2.08 bits per heavy atom. The molecule has 0 aromatic carbocycles. The van der Waals surface area contributed by atoms with Crippen LogP contribution in [0.1, 0.15) is 35.5 Å². The molecule has 2 saturated heterocycles. The molecule has 0 saturated carbocycles. The van der Waals surface area contributed by atoms with E-state index in [1.807, 2.05) is 30.0 Å². The summed E-state index contributed by atoms with van der Waals surface area (Å²) in [4.78, 5) is 23.7. The molecule has 0 N–H and O–H groups in total. The van der Waals surface area contributed by atoms with Crippen molar-refractivity contribution in [3.8, 4) is 0 Å². The molecule has 2 aliphatic rings. The topological polar surface area (TPSA) is 36.4 Å². The molecule has 4 heterocycles. The van der Waals surface area contributed by atoms with E-state index in [4.69, 9.17) is 0 Å². The van der Waals surface area contributed by atoms with Crippen LogP contribution in [0.25, 0.3) is 0 Å². The Morgan fingerprint density at radius 3 is 2.88 bits per heavy atom. The lowest BCUT2D eigenvalue weighted by Gasteiger charge is -2.38. The van der Waals surface area contributed by atoms with Gasteiger partial charge in [0.05, 0.1) is 17.7 Å². The van der Waals surface area contributed by atoms with E-state index in [1.165, 1.54) is 4.88 Å². The van der Waals surface area contributed by atoms with Gasteiger partial charge in [0.1, 0.15) is 0 Å². The molecule has 1 unspecified atom stereocenters. The Morgan fingerprint density at radius 1 is 1.16 bits per heavy atom. The van der Waals surface area contributed by atoms with Crippen LogP contribution in [-0.4, -0.2) is 40.3 Å². The molecular formula is C20H25N3OS. The highest BCUT2D eigenvalue weighted by Crippen LogP contribution is 2.41. The predicted octanol–water partition coefficient (Wildman–Crippen LogP) is 3.47. The second-order valence-corrected chi connectivity index (χ2v) is 8.45. The average Bonchev–Trinajstić information content (AvgIpc) is 3.20. The molecule has 2 aromatic heterocycles. The summed E-state index contributed by atoms with van der Waals surface area (Å²) >= 11 is 1.81. The van der Waals surface area contributed by atoms with Gasteiger partial charge >= 0.3 is 0 Å². The number of amides is 1. The summed E-state index contributed by atoms with van der Waals surface area (Å²) < 4.78 is 0. The number of thiophene rings is 1. The lowest BCUT2D eigenvalue weighted by Crippen LogP contribution is -2.47. The van der Waals surface area contributed by atoms with Gasteiger partial charge in [-0.15, -0.1) is 11.3 Å². The van der Waals surface area contributed by atoms with Crippen molar-refractivity contribution in [3.63, 3.8) is 0 Å². The van der Waals surface area contributed by atoms with Crippen LogP contribution in [0.2, 0.25) is 0 Å². The van der Waals surface area contributed by atoms with E-state index in [2.05, 4.69) is 27.4 Å². The highest BCUT2D eigenvalue weighted by Gasteiger charge is 2.48. The molecule has 0 aliphatic carbocycles. The molecule has 0 bridgehead atoms. The number of piperidine rings is 1. The smallest absolute Gasteiger partial charge is 0.230 e. The van der Waals surface area contributed by atoms with E-state index >= 15 is 0 Å². The number of likely N-dealkylation sites (tertiary alicyclic amines) is 2. The van der Waals surface area contributed by atoms with Gasteiger partial charge in [0.15, 0.2) is 0 Å². The molecule has 1 atom stereocenters. The number of hydrogen-bond donors (Lipinski definition) is 0. The average molecular weight is 356 g/mol. The third-order valence-electron chi connectivity index (χ3n) is 5.52. The van der Waals surface area contributed by atoms with Crippen molar-refractivity contribution < 1.29 is 4.79 Å². The zero-order valence-electron chi connectivity index (χ0n) is 14.8. The first-order valence-corrected chi connectivity index (χ1v) is 9.99. The van der Waals surface area contributed by atoms with E-state index < -0.39 is 0 Å². The zero-order valence-corrected chi connectivity index (χ0v) is 15.6. The molecule has 1 amide bonds. The lowest BCUT2D eigenvalue weighted by molar-refractivity contribution is -0.139. The van der Waals surface area contributed by atoms with Crippen molar-refractivity contribution in [3.05, 3.63) is 52.0 Å². The third-order valence-corrected chi connectivity index (χ3v) is 6.38. The number of aryl methyl sites for hydroxylation is 1. The Hall–Kier alpha value is -1.72. The number of pyridine rings is 1. The van der Waals surface area contributed by atoms with Gasteiger partial charge < -0.3 is 4.90 Å². The number of carbonyl (C=O) groups excluding carboxylic acids is 1. The monoisotopic (exact) mass is 355 g/mol. The van der Waals surface area contributed by atoms with E-state index in [-0.39, 0.29) is 5.41 Å². The summed E-state index contributed by atoms with van der Waals surface area (Å²) in [5.41, 5.74) is 1.84. The summed E-state index contributed by atoms with van der Waals surface area (Å²) in [7, 11) is 0. The van der Waals surface area contributed by atoms with Gasteiger partial charge in [-0.25, -0.2) is 0 Å². The van der Waals surface area contributed by atoms with Gasteiger partial charge in [0, 0.05) is 30.2 Å². The van der Waals surface area contributed by atoms with Crippen LogP contribution in [0, 0.1) is 12.3 Å². The normalized spacial score (nSPS) is 24.4. The molecule has 0 radical (unpaired) electrons. The second kappa shape index (κ2) is 6.89. The summed E-state index contributed by atoms with van der Waals surface area (Å²) in [6, 6.07) is 10.3. The van der Waals surface area contributed by atoms with E-state index in [0.29, 0.717) is 12.5 Å². The van der Waals surface area contributed by atoms with Crippen LogP contribution in [0.15, 0.2) is 35.7 Å². The fourth-order valence-electron chi connectivity index (χ4n) is 4.29. The van der Waals surface area contributed by atoms with E-state index in [9.17, 15) is 4.79 Å². The van der Waals surface area contributed by atoms with E-state index in [1.54, 1.807) is 11.3 Å². The molecule has 2 aromatic rings. The van der Waals surface area contributed by atoms with Crippen molar-refractivity contribution in [1.29, 1.82) is 0 Å². The maximum atomic E-state index is 13.2. The number of aromatic nitrogens is 1. The summed E-state index contributed by atoms with van der Waals surface area (Å²) in [5, 5.41) is 2.13. The van der Waals surface area contributed by atoms with Gasteiger partial charge in [0.25, 0.3) is 0 Å². The van der Waals surface area contributed by atoms with E-state index in [0.717, 1.165) is 56.8 Å². The van der Waals surface area contributed by atoms with Crippen LogP contribution in [0.3, 0.4) is 0 Å². The Balaban J connectivity index is 1.44. The Bertz CT molecular complexity index is 745. The molecule has 2 aliphatic heterocycles. The number of nitrogens with zero attached hydrogens (tertiary/aromatic N) is 3. The molecule has 4 rings (SSSR count). The highest BCUT2D eigenvalue weighted by atomic mass is 32.1. The SMILES string of the molecule is Cc1cccc(CN2CCC3(CCCN(Cc4cccs4)C3)C2=O)n1. The third kappa shape index (κ3) is 3.48. The molecule has 1 spiro atoms. The minimum absolute atomic E-state index is 0.167. The highest BCUT2D eigenvalue weighted by molar-refractivity contribution is 7.09. The zero-order chi connectivity index (χ0) is 17.3. The molecule has 132 valence electrons. The fourth-order valence-corrected chi connectivity index (χ4v) is 5.04. The van der Waals surface area contributed by atoms with Gasteiger partial charge in [0.2, 0.25) is 5.91 Å². The van der Waals surface area contributed by atoms with Crippen LogP contribution < -0.4 is 0 Å². The summed E-state index contributed by atoms with van der Waals surface area (Å²) in [6.07, 6.45) is 3.14. The largest absolute Gasteiger partial charge is 0.336 e. The molecule has 5 heteroatoms. The van der Waals surface area contributed by atoms with Crippen LogP contribution in [-0.2, 0) is 17.9 Å². The molecule has 4 nitrogen and oxygen atoms in total. The quantitative estimate of drug-likeness (QED) is 0.843. The van der Waals surface area contributed by atoms with Crippen molar-refractivity contribution in [2.45, 2.75) is 39.3 Å². The number of carbonyl (C=O) groups is 1. The second-order valence-electron chi connectivity index (χ2n) is 7.42. The first-order valence-electron chi connectivity index (χ1n) is 9.11. The maximum absolute atomic E-state index is 13.2. The van der Waals surface area contributed by atoms with Crippen LogP contribution in [0.5, 0.6) is 0 Å². The van der Waals surface area contributed by atoms with Gasteiger partial charge in [-0.05, 0) is 56.3 Å². The number of hydrogen-bond acceptors (Lipinski definition) is 4. The molecule has 25 heavy (non-hydrogen) atoms. The first kappa shape index (κ1) is 16.7. The summed E-state index contributed by atoms with van der Waals surface area (Å²) in [6.45, 7) is 6.49. The molecular weight excluding hydrogens is 330 g/mol. The van der Waals surface area contributed by atoms with Gasteiger partial charge in [-0.2, -0.15) is 0 Å². The minimum atomic E-state index is -0.167. The standard InChI is InChI=1S/C20H25N3OS/c1-16-5-2-6-17(21-16)13-23-11-9-20(19(23)24)8-4-10-22(15-20)14-18-7-3-12-25-18/h2-3,5-7,12H,4,8-11,13-15H2,1H3. The fraction of sp³-hybridized carbons (Fsp3) is 0.500. The van der Waals surface area contributed by atoms with Crippen molar-refractivity contribution in [2.24, 2.45) is 5.41 Å². The predicted molar refractivity (Wildman–Crippen MR) is 100 cm³/mol. The maximum Gasteiger partial charge on any atom is 0.230 e. The van der Waals surface area contributed by atoms with Crippen molar-refractivity contribution in [1.82, 2.24) is 14.8 Å². The minimum Gasteiger partial charge on any atom is -0.336 e. The van der Waals surface area contributed by atoms with Crippen LogP contribution >= 0.6 is 11.3 Å². The van der Waals surface area contributed by atoms with Crippen molar-refractivity contribution in [2.75, 3.05) is 19.6 Å². The first-order chi connectivity index (χ1) is 12.1. The summed E-state index contributed by atoms with van der Waals surface area (Å²) in [5.74, 6) is 0.340. The van der Waals surface area contributed by atoms with Crippen LogP contribution in [0.4, 0.5) is 0 Å². The van der Waals surface area contributed by atoms with Crippen molar-refractivity contribution >= 4 is 17.2 Å². The lowest BCUT2D eigenvalue weighted by atomic mass is 9.78. The van der Waals surface area contributed by atoms with Gasteiger partial charge in [-0.3, -0.25) is 14.7 Å².